The lowest BCUT2D eigenvalue weighted by Gasteiger charge is -2.03. The molecular formula is C10H13N3O. The summed E-state index contributed by atoms with van der Waals surface area (Å²) in [7, 11) is 0. The Morgan fingerprint density at radius 2 is 2.21 bits per heavy atom. The van der Waals surface area contributed by atoms with Crippen molar-refractivity contribution in [3.8, 4) is 0 Å². The Balaban J connectivity index is 0.00000112. The van der Waals surface area contributed by atoms with Crippen molar-refractivity contribution in [2.24, 2.45) is 0 Å². The van der Waals surface area contributed by atoms with E-state index >= 15 is 0 Å². The molecule has 0 fully saturated rings. The molecule has 0 aliphatic carbocycles. The van der Waals surface area contributed by atoms with E-state index in [4.69, 9.17) is 0 Å². The number of fused-ring (bicyclic) bond motifs is 1. The van der Waals surface area contributed by atoms with Gasteiger partial charge in [0.1, 0.15) is 0 Å². The molecule has 4 nitrogen and oxygen atoms in total. The number of pyridine rings is 1. The van der Waals surface area contributed by atoms with E-state index in [0.717, 1.165) is 5.69 Å². The lowest BCUT2D eigenvalue weighted by Crippen LogP contribution is -2.07. The van der Waals surface area contributed by atoms with Crippen LogP contribution in [0.3, 0.4) is 0 Å². The number of hydrogen-bond acceptors (Lipinski definition) is 3. The quantitative estimate of drug-likeness (QED) is 0.746. The number of H-pyrrole nitrogens is 1. The van der Waals surface area contributed by atoms with E-state index in [9.17, 15) is 4.79 Å². The SMILES string of the molecule is CC(C)c1cc2nc[nH]c(=O)c2cn1.[HH]. The normalized spacial score (nSPS) is 11.1. The molecule has 2 rings (SSSR count). The van der Waals surface area contributed by atoms with Gasteiger partial charge < -0.3 is 4.98 Å². The Kier molecular flexibility index (Phi) is 2.04. The van der Waals surface area contributed by atoms with Gasteiger partial charge in [-0.3, -0.25) is 9.78 Å². The zero-order chi connectivity index (χ0) is 10.1. The van der Waals surface area contributed by atoms with E-state index < -0.39 is 0 Å². The van der Waals surface area contributed by atoms with Crippen LogP contribution in [-0.2, 0) is 0 Å². The molecule has 0 aromatic carbocycles. The van der Waals surface area contributed by atoms with Crippen molar-refractivity contribution in [3.63, 3.8) is 0 Å². The number of nitrogens with one attached hydrogen (secondary N) is 1. The van der Waals surface area contributed by atoms with E-state index in [2.05, 4.69) is 28.8 Å². The molecule has 0 spiro atoms. The van der Waals surface area contributed by atoms with E-state index in [-0.39, 0.29) is 6.99 Å². The molecule has 0 bridgehead atoms. The highest BCUT2D eigenvalue weighted by Gasteiger charge is 2.04. The predicted octanol–water partition coefficient (Wildman–Crippen LogP) is 1.69. The Hall–Kier alpha value is -1.71. The number of rotatable bonds is 1. The molecule has 14 heavy (non-hydrogen) atoms. The average molecular weight is 191 g/mol. The van der Waals surface area contributed by atoms with Crippen molar-refractivity contribution in [1.29, 1.82) is 0 Å². The summed E-state index contributed by atoms with van der Waals surface area (Å²) < 4.78 is 0. The van der Waals surface area contributed by atoms with Gasteiger partial charge in [0.15, 0.2) is 0 Å². The van der Waals surface area contributed by atoms with Crippen LogP contribution in [0.1, 0.15) is 26.9 Å². The summed E-state index contributed by atoms with van der Waals surface area (Å²) in [6.07, 6.45) is 2.99. The van der Waals surface area contributed by atoms with Gasteiger partial charge in [-0.15, -0.1) is 0 Å². The summed E-state index contributed by atoms with van der Waals surface area (Å²) in [4.78, 5) is 22.1. The lowest BCUT2D eigenvalue weighted by atomic mass is 10.1. The first-order valence-electron chi connectivity index (χ1n) is 4.52. The minimum Gasteiger partial charge on any atom is -0.313 e. The molecule has 0 aliphatic heterocycles. The van der Waals surface area contributed by atoms with Crippen LogP contribution in [0, 0.1) is 0 Å². The van der Waals surface area contributed by atoms with Gasteiger partial charge in [-0.2, -0.15) is 0 Å². The molecule has 0 atom stereocenters. The van der Waals surface area contributed by atoms with Crippen molar-refractivity contribution in [3.05, 3.63) is 34.6 Å². The van der Waals surface area contributed by atoms with Gasteiger partial charge in [-0.1, -0.05) is 13.8 Å². The summed E-state index contributed by atoms with van der Waals surface area (Å²) in [5, 5.41) is 0.539. The number of aromatic nitrogens is 3. The first-order valence-corrected chi connectivity index (χ1v) is 4.52. The Bertz CT molecular complexity index is 521. The third kappa shape index (κ3) is 1.39. The van der Waals surface area contributed by atoms with Crippen molar-refractivity contribution in [1.82, 2.24) is 15.0 Å². The fourth-order valence-corrected chi connectivity index (χ4v) is 1.30. The van der Waals surface area contributed by atoms with Gasteiger partial charge in [0.2, 0.25) is 0 Å². The molecule has 1 N–H and O–H groups in total. The third-order valence-electron chi connectivity index (χ3n) is 2.14. The molecular weight excluding hydrogens is 178 g/mol. The molecule has 4 heteroatoms. The number of aromatic amines is 1. The maximum Gasteiger partial charge on any atom is 0.260 e. The molecule has 2 aromatic rings. The molecule has 0 amide bonds. The van der Waals surface area contributed by atoms with Crippen LogP contribution in [0.2, 0.25) is 0 Å². The van der Waals surface area contributed by atoms with Crippen molar-refractivity contribution in [2.75, 3.05) is 0 Å². The van der Waals surface area contributed by atoms with Crippen LogP contribution >= 0.6 is 0 Å². The van der Waals surface area contributed by atoms with Gasteiger partial charge in [-0.25, -0.2) is 4.98 Å². The second-order valence-corrected chi connectivity index (χ2v) is 3.51. The Labute approximate surface area is 82.5 Å². The fourth-order valence-electron chi connectivity index (χ4n) is 1.30. The number of hydrogen-bond donors (Lipinski definition) is 1. The molecule has 0 aliphatic rings. The summed E-state index contributed by atoms with van der Waals surface area (Å²) in [6.45, 7) is 4.11. The maximum absolute atomic E-state index is 11.3. The molecule has 0 saturated heterocycles. The summed E-state index contributed by atoms with van der Waals surface area (Å²) >= 11 is 0. The highest BCUT2D eigenvalue weighted by Crippen LogP contribution is 2.14. The maximum atomic E-state index is 11.3. The molecule has 0 unspecified atom stereocenters. The lowest BCUT2D eigenvalue weighted by molar-refractivity contribution is 0.825. The van der Waals surface area contributed by atoms with E-state index in [1.807, 2.05) is 6.07 Å². The molecule has 2 aromatic heterocycles. The van der Waals surface area contributed by atoms with E-state index in [0.29, 0.717) is 16.8 Å². The largest absolute Gasteiger partial charge is 0.313 e. The predicted molar refractivity (Wildman–Crippen MR) is 56.4 cm³/mol. The zero-order valence-electron chi connectivity index (χ0n) is 8.11. The van der Waals surface area contributed by atoms with Crippen LogP contribution < -0.4 is 5.56 Å². The van der Waals surface area contributed by atoms with Gasteiger partial charge in [0, 0.05) is 13.3 Å². The Morgan fingerprint density at radius 1 is 1.43 bits per heavy atom. The highest BCUT2D eigenvalue weighted by atomic mass is 16.1. The topological polar surface area (TPSA) is 58.6 Å². The molecule has 0 saturated carbocycles. The number of nitrogens with zero attached hydrogens (tertiary/aromatic N) is 2. The van der Waals surface area contributed by atoms with E-state index in [1.54, 1.807) is 6.20 Å². The van der Waals surface area contributed by atoms with Crippen LogP contribution in [-0.4, -0.2) is 15.0 Å². The molecule has 74 valence electrons. The van der Waals surface area contributed by atoms with Gasteiger partial charge in [0.05, 0.1) is 17.2 Å². The van der Waals surface area contributed by atoms with Crippen molar-refractivity contribution in [2.45, 2.75) is 19.8 Å². The third-order valence-corrected chi connectivity index (χ3v) is 2.14. The standard InChI is InChI=1S/C10H11N3O.H2/c1-6(2)8-3-9-7(4-11-8)10(14)13-5-12-9;/h3-6H,1-2H3,(H,12,13,14);1H. The average Bonchev–Trinajstić information content (AvgIpc) is 2.17. The van der Waals surface area contributed by atoms with Gasteiger partial charge >= 0.3 is 0 Å². The minimum atomic E-state index is -0.141. The van der Waals surface area contributed by atoms with Crippen LogP contribution in [0.5, 0.6) is 0 Å². The highest BCUT2D eigenvalue weighted by molar-refractivity contribution is 5.76. The fraction of sp³-hybridized carbons (Fsp3) is 0.300. The summed E-state index contributed by atoms with van der Waals surface area (Å²) in [5.74, 6) is 0.348. The van der Waals surface area contributed by atoms with E-state index in [1.165, 1.54) is 6.33 Å². The molecule has 2 heterocycles. The van der Waals surface area contributed by atoms with Gasteiger partial charge in [0.25, 0.3) is 5.56 Å². The smallest absolute Gasteiger partial charge is 0.260 e. The Morgan fingerprint density at radius 3 is 2.93 bits per heavy atom. The van der Waals surface area contributed by atoms with Crippen LogP contribution in [0.25, 0.3) is 10.9 Å². The first kappa shape index (κ1) is 8.87. The monoisotopic (exact) mass is 191 g/mol. The van der Waals surface area contributed by atoms with Crippen molar-refractivity contribution < 1.29 is 1.43 Å². The summed E-state index contributed by atoms with van der Waals surface area (Å²) in [5.41, 5.74) is 1.51. The van der Waals surface area contributed by atoms with Crippen molar-refractivity contribution >= 4 is 10.9 Å². The minimum absolute atomic E-state index is 0. The van der Waals surface area contributed by atoms with Gasteiger partial charge in [-0.05, 0) is 12.0 Å². The van der Waals surface area contributed by atoms with Crippen LogP contribution in [0.15, 0.2) is 23.4 Å². The van der Waals surface area contributed by atoms with Crippen LogP contribution in [0.4, 0.5) is 0 Å². The second kappa shape index (κ2) is 3.21. The zero-order valence-corrected chi connectivity index (χ0v) is 8.11. The first-order chi connectivity index (χ1) is 6.68. The molecule has 0 radical (unpaired) electrons. The summed E-state index contributed by atoms with van der Waals surface area (Å²) in [6, 6.07) is 1.86. The second-order valence-electron chi connectivity index (χ2n) is 3.51.